The number of ether oxygens (including phenoxy) is 1. The third-order valence-corrected chi connectivity index (χ3v) is 4.62. The molecule has 0 saturated heterocycles. The number of nitrogens with one attached hydrogen (secondary N) is 1. The molecule has 27 heavy (non-hydrogen) atoms. The van der Waals surface area contributed by atoms with Crippen molar-refractivity contribution in [2.45, 2.75) is 32.3 Å². The van der Waals surface area contributed by atoms with Gasteiger partial charge in [0, 0.05) is 23.5 Å². The van der Waals surface area contributed by atoms with Crippen LogP contribution >= 0.6 is 23.2 Å². The van der Waals surface area contributed by atoms with E-state index in [1.165, 1.54) is 12.1 Å². The van der Waals surface area contributed by atoms with Crippen molar-refractivity contribution in [1.29, 1.82) is 0 Å². The smallest absolute Gasteiger partial charge is 0.482 e. The van der Waals surface area contributed by atoms with Gasteiger partial charge in [-0.15, -0.1) is 0 Å². The molecule has 0 atom stereocenters. The number of phenols is 1. The van der Waals surface area contributed by atoms with Gasteiger partial charge in [0.15, 0.2) is 0 Å². The summed E-state index contributed by atoms with van der Waals surface area (Å²) in [4.78, 5) is 11.2. The first-order valence-electron chi connectivity index (χ1n) is 8.14. The molecule has 2 rings (SSSR count). The number of hydrogen-bond donors (Lipinski definition) is 2. The highest BCUT2D eigenvalue weighted by atomic mass is 35.5. The van der Waals surface area contributed by atoms with Gasteiger partial charge in [-0.3, -0.25) is 4.79 Å². The van der Waals surface area contributed by atoms with Crippen LogP contribution in [-0.4, -0.2) is 24.2 Å². The summed E-state index contributed by atoms with van der Waals surface area (Å²) in [6, 6.07) is 7.54. The van der Waals surface area contributed by atoms with Crippen LogP contribution < -0.4 is 10.1 Å². The number of rotatable bonds is 6. The first-order valence-corrected chi connectivity index (χ1v) is 8.89. The van der Waals surface area contributed by atoms with Gasteiger partial charge in [0.05, 0.1) is 0 Å². The minimum atomic E-state index is -4.05. The number of hydrogen-bond acceptors (Lipinski definition) is 3. The average Bonchev–Trinajstić information content (AvgIpc) is 2.58. The van der Waals surface area contributed by atoms with Crippen molar-refractivity contribution in [3.63, 3.8) is 0 Å². The number of alkyl halides is 2. The Bertz CT molecular complexity index is 834. The van der Waals surface area contributed by atoms with Crippen molar-refractivity contribution >= 4 is 29.1 Å². The Morgan fingerprint density at radius 3 is 2.33 bits per heavy atom. The lowest BCUT2D eigenvalue weighted by molar-refractivity contribution is -0.192. The summed E-state index contributed by atoms with van der Waals surface area (Å²) >= 11 is 12.4. The Morgan fingerprint density at radius 2 is 1.81 bits per heavy atom. The second-order valence-electron chi connectivity index (χ2n) is 6.29. The lowest BCUT2D eigenvalue weighted by Crippen LogP contribution is -2.42. The van der Waals surface area contributed by atoms with E-state index >= 15 is 0 Å². The molecule has 0 bridgehead atoms. The minimum absolute atomic E-state index is 0.124. The molecule has 2 aromatic rings. The van der Waals surface area contributed by atoms with Crippen LogP contribution in [0.5, 0.6) is 11.5 Å². The molecule has 146 valence electrons. The fourth-order valence-electron chi connectivity index (χ4n) is 2.53. The molecule has 0 radical (unpaired) electrons. The highest BCUT2D eigenvalue weighted by Crippen LogP contribution is 2.35. The van der Waals surface area contributed by atoms with Crippen molar-refractivity contribution in [2.24, 2.45) is 0 Å². The van der Waals surface area contributed by atoms with Crippen molar-refractivity contribution in [3.05, 3.63) is 57.1 Å². The van der Waals surface area contributed by atoms with Crippen molar-refractivity contribution in [2.75, 3.05) is 7.05 Å². The largest absolute Gasteiger partial charge is 0.508 e. The summed E-state index contributed by atoms with van der Waals surface area (Å²) in [5, 5.41) is 12.0. The van der Waals surface area contributed by atoms with Gasteiger partial charge in [0.1, 0.15) is 11.5 Å². The predicted octanol–water partition coefficient (Wildman–Crippen LogP) is 5.13. The molecule has 0 heterocycles. The molecule has 0 aliphatic heterocycles. The zero-order valence-corrected chi connectivity index (χ0v) is 16.5. The van der Waals surface area contributed by atoms with Crippen molar-refractivity contribution in [3.8, 4) is 11.5 Å². The van der Waals surface area contributed by atoms with Gasteiger partial charge >= 0.3 is 12.0 Å². The molecule has 0 aromatic heterocycles. The zero-order chi connectivity index (χ0) is 20.4. The fourth-order valence-corrected chi connectivity index (χ4v) is 3.13. The topological polar surface area (TPSA) is 58.6 Å². The number of amides is 1. The van der Waals surface area contributed by atoms with E-state index in [1.807, 2.05) is 25.2 Å². The van der Waals surface area contributed by atoms with Gasteiger partial charge in [-0.2, -0.15) is 8.78 Å². The lowest BCUT2D eigenvalue weighted by atomic mass is 9.96. The van der Waals surface area contributed by atoms with Crippen LogP contribution in [-0.2, 0) is 11.2 Å². The van der Waals surface area contributed by atoms with E-state index in [2.05, 4.69) is 4.74 Å². The van der Waals surface area contributed by atoms with Crippen molar-refractivity contribution in [1.82, 2.24) is 5.32 Å². The second kappa shape index (κ2) is 8.31. The summed E-state index contributed by atoms with van der Waals surface area (Å²) in [5.41, 5.74) is 2.16. The van der Waals surface area contributed by atoms with Crippen LogP contribution in [0.25, 0.3) is 0 Å². The van der Waals surface area contributed by atoms with E-state index < -0.39 is 12.0 Å². The minimum Gasteiger partial charge on any atom is -0.508 e. The van der Waals surface area contributed by atoms with E-state index in [1.54, 1.807) is 12.1 Å². The molecule has 0 fully saturated rings. The van der Waals surface area contributed by atoms with E-state index in [-0.39, 0.29) is 27.5 Å². The highest BCUT2D eigenvalue weighted by molar-refractivity contribution is 6.36. The quantitative estimate of drug-likeness (QED) is 0.684. The van der Waals surface area contributed by atoms with Crippen molar-refractivity contribution < 1.29 is 23.4 Å². The molecular weight excluding hydrogens is 399 g/mol. The third-order valence-electron chi connectivity index (χ3n) is 3.95. The average molecular weight is 418 g/mol. The maximum absolute atomic E-state index is 13.6. The molecule has 8 heteroatoms. The van der Waals surface area contributed by atoms with E-state index in [9.17, 15) is 18.7 Å². The summed E-state index contributed by atoms with van der Waals surface area (Å²) in [6.45, 7) is 3.91. The predicted molar refractivity (Wildman–Crippen MR) is 101 cm³/mol. The van der Waals surface area contributed by atoms with Gasteiger partial charge < -0.3 is 15.2 Å². The number of aromatic hydroxyl groups is 1. The number of halogens is 4. The standard InChI is InChI=1S/C19H19Cl2F2NO3/c1-10(2)13-6-11(4-5-17(13)25)7-14-15(20)8-12(9-16(14)21)27-19(22,23)18(26)24-3/h4-6,8-10,25H,7H2,1-3H3,(H,24,26). The maximum Gasteiger partial charge on any atom is 0.482 e. The number of phenolic OH excluding ortho intramolecular Hbond substituents is 1. The van der Waals surface area contributed by atoms with Gasteiger partial charge in [-0.25, -0.2) is 0 Å². The molecule has 0 saturated carbocycles. The summed E-state index contributed by atoms with van der Waals surface area (Å²) in [7, 11) is 1.08. The zero-order valence-electron chi connectivity index (χ0n) is 14.9. The first-order chi connectivity index (χ1) is 12.5. The van der Waals surface area contributed by atoms with Crippen LogP contribution in [0.1, 0.15) is 36.5 Å². The molecule has 0 aliphatic rings. The van der Waals surface area contributed by atoms with Crippen LogP contribution in [0, 0.1) is 0 Å². The number of likely N-dealkylation sites (N-methyl/N-ethyl adjacent to an activating group) is 1. The molecule has 0 unspecified atom stereocenters. The van der Waals surface area contributed by atoms with E-state index in [4.69, 9.17) is 23.2 Å². The molecule has 4 nitrogen and oxygen atoms in total. The van der Waals surface area contributed by atoms with Crippen LogP contribution in [0.3, 0.4) is 0 Å². The fraction of sp³-hybridized carbons (Fsp3) is 0.316. The molecule has 1 amide bonds. The summed E-state index contributed by atoms with van der Waals surface area (Å²) in [5.74, 6) is -1.58. The van der Waals surface area contributed by atoms with Gasteiger partial charge in [0.25, 0.3) is 0 Å². The lowest BCUT2D eigenvalue weighted by Gasteiger charge is -2.18. The first kappa shape index (κ1) is 21.3. The molecule has 2 N–H and O–H groups in total. The number of carbonyl (C=O) groups is 1. The summed E-state index contributed by atoms with van der Waals surface area (Å²) in [6.07, 6.45) is -3.71. The van der Waals surface area contributed by atoms with Crippen LogP contribution in [0.2, 0.25) is 10.0 Å². The Kier molecular flexibility index (Phi) is 6.54. The van der Waals surface area contributed by atoms with Crippen LogP contribution in [0.4, 0.5) is 8.78 Å². The Balaban J connectivity index is 2.30. The summed E-state index contributed by atoms with van der Waals surface area (Å²) < 4.78 is 31.7. The third kappa shape index (κ3) is 5.02. The SMILES string of the molecule is CNC(=O)C(F)(F)Oc1cc(Cl)c(Cc2ccc(O)c(C(C)C)c2)c(Cl)c1. The van der Waals surface area contributed by atoms with Crippen LogP contribution in [0.15, 0.2) is 30.3 Å². The van der Waals surface area contributed by atoms with Gasteiger partial charge in [-0.1, -0.05) is 49.2 Å². The Morgan fingerprint density at radius 1 is 1.22 bits per heavy atom. The highest BCUT2D eigenvalue weighted by Gasteiger charge is 2.41. The van der Waals surface area contributed by atoms with E-state index in [0.717, 1.165) is 18.2 Å². The normalized spacial score (nSPS) is 11.6. The molecule has 0 spiro atoms. The van der Waals surface area contributed by atoms with Gasteiger partial charge in [0.2, 0.25) is 0 Å². The number of carbonyl (C=O) groups excluding carboxylic acids is 1. The molecule has 0 aliphatic carbocycles. The van der Waals surface area contributed by atoms with E-state index in [0.29, 0.717) is 12.0 Å². The monoisotopic (exact) mass is 417 g/mol. The number of benzene rings is 2. The molecule has 2 aromatic carbocycles. The Hall–Kier alpha value is -2.05. The Labute approximate surface area is 166 Å². The van der Waals surface area contributed by atoms with Gasteiger partial charge in [-0.05, 0) is 40.8 Å². The second-order valence-corrected chi connectivity index (χ2v) is 7.10. The molecular formula is C19H19Cl2F2NO3. The maximum atomic E-state index is 13.6.